The molecule has 0 spiro atoms. The van der Waals surface area contributed by atoms with Gasteiger partial charge in [0.1, 0.15) is 5.82 Å². The molecule has 3 rings (SSSR count). The Labute approximate surface area is 156 Å². The van der Waals surface area contributed by atoms with E-state index in [1.165, 1.54) is 0 Å². The summed E-state index contributed by atoms with van der Waals surface area (Å²) in [5.74, 6) is 1.25. The number of pyridine rings is 1. The highest BCUT2D eigenvalue weighted by Gasteiger charge is 2.13. The second-order valence-corrected chi connectivity index (χ2v) is 8.25. The van der Waals surface area contributed by atoms with Crippen LogP contribution in [0.3, 0.4) is 0 Å². The molecule has 0 N–H and O–H groups in total. The molecule has 0 saturated carbocycles. The molecule has 2 heterocycles. The first-order valence-electron chi connectivity index (χ1n) is 6.63. The molecule has 0 aliphatic heterocycles. The van der Waals surface area contributed by atoms with Crippen molar-refractivity contribution in [3.8, 4) is 0 Å². The number of fused-ring (bicyclic) bond motifs is 1. The molecule has 0 aliphatic rings. The van der Waals surface area contributed by atoms with Gasteiger partial charge in [0, 0.05) is 25.5 Å². The molecule has 2 aromatic heterocycles. The second kappa shape index (κ2) is 6.55. The number of benzene rings is 1. The van der Waals surface area contributed by atoms with Crippen LogP contribution in [0.15, 0.2) is 40.3 Å². The van der Waals surface area contributed by atoms with Crippen molar-refractivity contribution in [2.75, 3.05) is 0 Å². The minimum Gasteiger partial charge on any atom is -0.285 e. The van der Waals surface area contributed by atoms with Gasteiger partial charge < -0.3 is 0 Å². The predicted octanol–water partition coefficient (Wildman–Crippen LogP) is 5.92. The molecule has 7 heteroatoms. The lowest BCUT2D eigenvalue weighted by molar-refractivity contribution is 0.756. The van der Waals surface area contributed by atoms with Crippen LogP contribution in [0.25, 0.3) is 5.65 Å². The lowest BCUT2D eigenvalue weighted by Crippen LogP contribution is -1.96. The SMILES string of the molecule is CC(C)c1nnc2ccc(Sc3c(Cl)cc(I)cc3Cl)cn12. The fraction of sp³-hybridized carbons (Fsp3) is 0.200. The van der Waals surface area contributed by atoms with E-state index in [0.717, 1.165) is 24.8 Å². The maximum Gasteiger partial charge on any atom is 0.160 e. The molecule has 0 saturated heterocycles. The number of halogens is 3. The van der Waals surface area contributed by atoms with Crippen molar-refractivity contribution in [3.63, 3.8) is 0 Å². The average Bonchev–Trinajstić information content (AvgIpc) is 2.86. The second-order valence-electron chi connectivity index (χ2n) is 5.11. The monoisotopic (exact) mass is 463 g/mol. The van der Waals surface area contributed by atoms with Crippen LogP contribution < -0.4 is 0 Å². The van der Waals surface area contributed by atoms with E-state index in [4.69, 9.17) is 23.2 Å². The molecule has 0 atom stereocenters. The maximum absolute atomic E-state index is 6.32. The highest BCUT2D eigenvalue weighted by molar-refractivity contribution is 14.1. The van der Waals surface area contributed by atoms with E-state index in [2.05, 4.69) is 46.6 Å². The highest BCUT2D eigenvalue weighted by atomic mass is 127. The van der Waals surface area contributed by atoms with Gasteiger partial charge in [0.2, 0.25) is 0 Å². The van der Waals surface area contributed by atoms with Crippen molar-refractivity contribution in [2.45, 2.75) is 29.6 Å². The topological polar surface area (TPSA) is 30.2 Å². The minimum atomic E-state index is 0.306. The normalized spacial score (nSPS) is 11.5. The quantitative estimate of drug-likeness (QED) is 0.452. The van der Waals surface area contributed by atoms with E-state index in [0.29, 0.717) is 16.0 Å². The third kappa shape index (κ3) is 3.22. The molecular weight excluding hydrogens is 452 g/mol. The molecule has 0 bridgehead atoms. The van der Waals surface area contributed by atoms with Crippen molar-refractivity contribution < 1.29 is 0 Å². The van der Waals surface area contributed by atoms with E-state index in [9.17, 15) is 0 Å². The van der Waals surface area contributed by atoms with Gasteiger partial charge in [0.15, 0.2) is 5.65 Å². The van der Waals surface area contributed by atoms with Gasteiger partial charge in [-0.2, -0.15) is 0 Å². The first-order chi connectivity index (χ1) is 10.5. The summed E-state index contributed by atoms with van der Waals surface area (Å²) in [7, 11) is 0. The Balaban J connectivity index is 2.03. The summed E-state index contributed by atoms with van der Waals surface area (Å²) < 4.78 is 3.04. The van der Waals surface area contributed by atoms with Crippen LogP contribution in [-0.2, 0) is 0 Å². The Kier molecular flexibility index (Phi) is 4.87. The lowest BCUT2D eigenvalue weighted by atomic mass is 10.2. The van der Waals surface area contributed by atoms with Gasteiger partial charge in [-0.1, -0.05) is 48.8 Å². The molecule has 0 fully saturated rings. The Bertz CT molecular complexity index is 825. The number of hydrogen-bond donors (Lipinski definition) is 0. The van der Waals surface area contributed by atoms with Crippen LogP contribution in [0.4, 0.5) is 0 Å². The molecule has 0 unspecified atom stereocenters. The molecule has 0 radical (unpaired) electrons. The van der Waals surface area contributed by atoms with E-state index in [1.807, 2.05) is 34.9 Å². The van der Waals surface area contributed by atoms with Gasteiger partial charge >= 0.3 is 0 Å². The summed E-state index contributed by atoms with van der Waals surface area (Å²) in [4.78, 5) is 1.90. The first kappa shape index (κ1) is 16.4. The number of rotatable bonds is 3. The number of nitrogens with zero attached hydrogens (tertiary/aromatic N) is 3. The van der Waals surface area contributed by atoms with Crippen molar-refractivity contribution in [1.82, 2.24) is 14.6 Å². The third-order valence-electron chi connectivity index (χ3n) is 3.10. The zero-order chi connectivity index (χ0) is 15.9. The van der Waals surface area contributed by atoms with Crippen molar-refractivity contribution in [1.29, 1.82) is 0 Å². The predicted molar refractivity (Wildman–Crippen MR) is 100 cm³/mol. The van der Waals surface area contributed by atoms with Gasteiger partial charge in [-0.25, -0.2) is 0 Å². The fourth-order valence-corrected chi connectivity index (χ4v) is 4.64. The Morgan fingerprint density at radius 1 is 1.14 bits per heavy atom. The molecule has 22 heavy (non-hydrogen) atoms. The molecule has 3 aromatic rings. The fourth-order valence-electron chi connectivity index (χ4n) is 2.09. The van der Waals surface area contributed by atoms with Gasteiger partial charge in [0.25, 0.3) is 0 Å². The molecule has 0 amide bonds. The van der Waals surface area contributed by atoms with Crippen LogP contribution in [0.2, 0.25) is 10.0 Å². The Hall–Kier alpha value is -0.500. The number of hydrogen-bond acceptors (Lipinski definition) is 3. The molecule has 0 aliphatic carbocycles. The van der Waals surface area contributed by atoms with Crippen LogP contribution in [0, 0.1) is 3.57 Å². The summed E-state index contributed by atoms with van der Waals surface area (Å²) in [5.41, 5.74) is 0.841. The Morgan fingerprint density at radius 3 is 2.45 bits per heavy atom. The Morgan fingerprint density at radius 2 is 1.82 bits per heavy atom. The number of aromatic nitrogens is 3. The van der Waals surface area contributed by atoms with E-state index < -0.39 is 0 Å². The zero-order valence-electron chi connectivity index (χ0n) is 11.8. The van der Waals surface area contributed by atoms with Gasteiger partial charge in [-0.05, 0) is 46.9 Å². The average molecular weight is 464 g/mol. The molecule has 1 aromatic carbocycles. The van der Waals surface area contributed by atoms with E-state index in [1.54, 1.807) is 11.8 Å². The first-order valence-corrected chi connectivity index (χ1v) is 9.28. The molecule has 114 valence electrons. The van der Waals surface area contributed by atoms with Crippen molar-refractivity contribution in [2.24, 2.45) is 0 Å². The van der Waals surface area contributed by atoms with E-state index >= 15 is 0 Å². The summed E-state index contributed by atoms with van der Waals surface area (Å²) in [6, 6.07) is 7.78. The summed E-state index contributed by atoms with van der Waals surface area (Å²) in [6.45, 7) is 4.20. The van der Waals surface area contributed by atoms with Gasteiger partial charge in [-0.3, -0.25) is 4.40 Å². The summed E-state index contributed by atoms with van der Waals surface area (Å²) in [5, 5.41) is 9.75. The minimum absolute atomic E-state index is 0.306. The van der Waals surface area contributed by atoms with Gasteiger partial charge in [0.05, 0.1) is 10.0 Å². The van der Waals surface area contributed by atoms with Gasteiger partial charge in [-0.15, -0.1) is 10.2 Å². The standard InChI is InChI=1S/C15H12Cl2IN3S/c1-8(2)15-20-19-13-4-3-10(7-21(13)15)22-14-11(16)5-9(18)6-12(14)17/h3-8H,1-2H3. The largest absolute Gasteiger partial charge is 0.285 e. The summed E-state index contributed by atoms with van der Waals surface area (Å²) in [6.07, 6.45) is 2.03. The highest BCUT2D eigenvalue weighted by Crippen LogP contribution is 2.39. The maximum atomic E-state index is 6.32. The van der Waals surface area contributed by atoms with Crippen LogP contribution in [-0.4, -0.2) is 14.6 Å². The van der Waals surface area contributed by atoms with Crippen molar-refractivity contribution in [3.05, 3.63) is 49.9 Å². The molecule has 3 nitrogen and oxygen atoms in total. The van der Waals surface area contributed by atoms with Crippen LogP contribution in [0.1, 0.15) is 25.6 Å². The van der Waals surface area contributed by atoms with E-state index in [-0.39, 0.29) is 0 Å². The summed E-state index contributed by atoms with van der Waals surface area (Å²) >= 11 is 16.4. The van der Waals surface area contributed by atoms with Crippen LogP contribution in [0.5, 0.6) is 0 Å². The zero-order valence-corrected chi connectivity index (χ0v) is 16.3. The lowest BCUT2D eigenvalue weighted by Gasteiger charge is -2.09. The molecular formula is C15H12Cl2IN3S. The smallest absolute Gasteiger partial charge is 0.160 e. The van der Waals surface area contributed by atoms with Crippen molar-refractivity contribution >= 4 is 63.2 Å². The third-order valence-corrected chi connectivity index (χ3v) is 5.67. The van der Waals surface area contributed by atoms with Crippen LogP contribution >= 0.6 is 57.6 Å².